The van der Waals surface area contributed by atoms with Crippen LogP contribution >= 0.6 is 0 Å². The Morgan fingerprint density at radius 3 is 2.33 bits per heavy atom. The van der Waals surface area contributed by atoms with Crippen molar-refractivity contribution in [3.05, 3.63) is 35.4 Å². The molecule has 0 heterocycles. The molecule has 0 saturated carbocycles. The second kappa shape index (κ2) is 4.27. The monoisotopic (exact) mass is 163 g/mol. The maximum absolute atomic E-state index is 5.67. The van der Waals surface area contributed by atoms with Crippen LogP contribution in [0.1, 0.15) is 24.5 Å². The highest BCUT2D eigenvalue weighted by molar-refractivity contribution is 5.21. The van der Waals surface area contributed by atoms with Gasteiger partial charge in [0.15, 0.2) is 0 Å². The second-order valence-corrected chi connectivity index (χ2v) is 3.50. The molecule has 2 N–H and O–H groups in total. The number of nitrogens with two attached hydrogens (primary N) is 1. The quantitative estimate of drug-likeness (QED) is 0.726. The summed E-state index contributed by atoms with van der Waals surface area (Å²) >= 11 is 0. The highest BCUT2D eigenvalue weighted by atomic mass is 14.6. The van der Waals surface area contributed by atoms with Gasteiger partial charge in [0.25, 0.3) is 0 Å². The fourth-order valence-corrected chi connectivity index (χ4v) is 1.15. The van der Waals surface area contributed by atoms with E-state index in [0.717, 1.165) is 12.8 Å². The summed E-state index contributed by atoms with van der Waals surface area (Å²) < 4.78 is 0. The molecule has 66 valence electrons. The van der Waals surface area contributed by atoms with E-state index >= 15 is 0 Å². The standard InChI is InChI=1S/C11H17N/c1-9-3-6-11(7-4-9)8-5-10(2)12/h3-4,6-7,10H,5,8,12H2,1-2H3/t10-/m1/s1. The van der Waals surface area contributed by atoms with Crippen LogP contribution in [0.15, 0.2) is 24.3 Å². The van der Waals surface area contributed by atoms with Crippen molar-refractivity contribution < 1.29 is 0 Å². The zero-order chi connectivity index (χ0) is 8.97. The van der Waals surface area contributed by atoms with Gasteiger partial charge in [0.05, 0.1) is 0 Å². The molecule has 12 heavy (non-hydrogen) atoms. The zero-order valence-corrected chi connectivity index (χ0v) is 7.88. The minimum absolute atomic E-state index is 0.311. The molecule has 0 unspecified atom stereocenters. The lowest BCUT2D eigenvalue weighted by Gasteiger charge is -2.04. The summed E-state index contributed by atoms with van der Waals surface area (Å²) in [4.78, 5) is 0. The Hall–Kier alpha value is -0.820. The molecule has 0 aliphatic carbocycles. The third-order valence-corrected chi connectivity index (χ3v) is 2.01. The van der Waals surface area contributed by atoms with Crippen molar-refractivity contribution in [2.45, 2.75) is 32.7 Å². The lowest BCUT2D eigenvalue weighted by atomic mass is 10.1. The summed E-state index contributed by atoms with van der Waals surface area (Å²) in [7, 11) is 0. The summed E-state index contributed by atoms with van der Waals surface area (Å²) in [5.74, 6) is 0. The first-order valence-electron chi connectivity index (χ1n) is 4.49. The van der Waals surface area contributed by atoms with Crippen LogP contribution in [-0.4, -0.2) is 6.04 Å². The van der Waals surface area contributed by atoms with Crippen molar-refractivity contribution in [2.24, 2.45) is 5.73 Å². The molecule has 0 spiro atoms. The van der Waals surface area contributed by atoms with Gasteiger partial charge in [-0.25, -0.2) is 0 Å². The largest absolute Gasteiger partial charge is 0.328 e. The molecule has 0 bridgehead atoms. The van der Waals surface area contributed by atoms with Gasteiger partial charge in [0.1, 0.15) is 0 Å². The van der Waals surface area contributed by atoms with Crippen LogP contribution < -0.4 is 5.73 Å². The molecule has 0 radical (unpaired) electrons. The molecular formula is C11H17N. The van der Waals surface area contributed by atoms with Gasteiger partial charge in [-0.1, -0.05) is 29.8 Å². The van der Waals surface area contributed by atoms with Crippen LogP contribution in [0, 0.1) is 6.92 Å². The summed E-state index contributed by atoms with van der Waals surface area (Å²) in [6.07, 6.45) is 2.17. The highest BCUT2D eigenvalue weighted by Crippen LogP contribution is 2.06. The van der Waals surface area contributed by atoms with Crippen molar-refractivity contribution in [1.82, 2.24) is 0 Å². The second-order valence-electron chi connectivity index (χ2n) is 3.50. The summed E-state index contributed by atoms with van der Waals surface area (Å²) in [6.45, 7) is 4.16. The summed E-state index contributed by atoms with van der Waals surface area (Å²) in [6, 6.07) is 8.97. The minimum Gasteiger partial charge on any atom is -0.328 e. The Bertz CT molecular complexity index is 223. The van der Waals surface area contributed by atoms with Gasteiger partial charge in [-0.3, -0.25) is 0 Å². The van der Waals surface area contributed by atoms with Gasteiger partial charge in [0.2, 0.25) is 0 Å². The van der Waals surface area contributed by atoms with Gasteiger partial charge in [-0.05, 0) is 32.3 Å². The topological polar surface area (TPSA) is 26.0 Å². The Morgan fingerprint density at radius 1 is 1.25 bits per heavy atom. The maximum atomic E-state index is 5.67. The third-order valence-electron chi connectivity index (χ3n) is 2.01. The molecule has 0 saturated heterocycles. The lowest BCUT2D eigenvalue weighted by molar-refractivity contribution is 0.666. The number of benzene rings is 1. The number of hydrogen-bond donors (Lipinski definition) is 1. The summed E-state index contributed by atoms with van der Waals surface area (Å²) in [5, 5.41) is 0. The van der Waals surface area contributed by atoms with Gasteiger partial charge >= 0.3 is 0 Å². The van der Waals surface area contributed by atoms with E-state index in [1.807, 2.05) is 6.92 Å². The maximum Gasteiger partial charge on any atom is 0.00136 e. The summed E-state index contributed by atoms with van der Waals surface area (Å²) in [5.41, 5.74) is 8.38. The molecule has 0 fully saturated rings. The molecule has 0 amide bonds. The predicted octanol–water partition coefficient (Wildman–Crippen LogP) is 2.27. The van der Waals surface area contributed by atoms with E-state index in [0.29, 0.717) is 6.04 Å². The van der Waals surface area contributed by atoms with E-state index in [2.05, 4.69) is 31.2 Å². The van der Waals surface area contributed by atoms with Crippen molar-refractivity contribution >= 4 is 0 Å². The molecule has 1 aromatic carbocycles. The molecule has 1 atom stereocenters. The van der Waals surface area contributed by atoms with Crippen LogP contribution in [0.25, 0.3) is 0 Å². The van der Waals surface area contributed by atoms with Crippen LogP contribution in [-0.2, 0) is 6.42 Å². The highest BCUT2D eigenvalue weighted by Gasteiger charge is 1.95. The molecule has 1 rings (SSSR count). The SMILES string of the molecule is Cc1ccc(CC[C@@H](C)N)cc1. The fraction of sp³-hybridized carbons (Fsp3) is 0.455. The smallest absolute Gasteiger partial charge is 0.00136 e. The van der Waals surface area contributed by atoms with Crippen molar-refractivity contribution in [2.75, 3.05) is 0 Å². The number of rotatable bonds is 3. The van der Waals surface area contributed by atoms with Crippen LogP contribution in [0.5, 0.6) is 0 Å². The van der Waals surface area contributed by atoms with Crippen molar-refractivity contribution in [3.63, 3.8) is 0 Å². The molecule has 0 aliphatic heterocycles. The third kappa shape index (κ3) is 3.05. The van der Waals surface area contributed by atoms with E-state index in [9.17, 15) is 0 Å². The van der Waals surface area contributed by atoms with E-state index < -0.39 is 0 Å². The van der Waals surface area contributed by atoms with E-state index in [4.69, 9.17) is 5.73 Å². The number of hydrogen-bond acceptors (Lipinski definition) is 1. The Balaban J connectivity index is 2.48. The first-order chi connectivity index (χ1) is 5.68. The molecule has 0 aliphatic rings. The average molecular weight is 163 g/mol. The van der Waals surface area contributed by atoms with E-state index in [1.165, 1.54) is 11.1 Å². The molecule has 1 heteroatoms. The minimum atomic E-state index is 0.311. The Kier molecular flexibility index (Phi) is 3.30. The zero-order valence-electron chi connectivity index (χ0n) is 7.88. The molecule has 0 aromatic heterocycles. The molecule has 1 aromatic rings. The van der Waals surface area contributed by atoms with Gasteiger partial charge in [-0.2, -0.15) is 0 Å². The normalized spacial score (nSPS) is 12.9. The Labute approximate surface area is 74.6 Å². The van der Waals surface area contributed by atoms with Crippen LogP contribution in [0.2, 0.25) is 0 Å². The van der Waals surface area contributed by atoms with Gasteiger partial charge in [-0.15, -0.1) is 0 Å². The first kappa shape index (κ1) is 9.27. The van der Waals surface area contributed by atoms with Crippen LogP contribution in [0.4, 0.5) is 0 Å². The van der Waals surface area contributed by atoms with E-state index in [1.54, 1.807) is 0 Å². The fourth-order valence-electron chi connectivity index (χ4n) is 1.15. The lowest BCUT2D eigenvalue weighted by Crippen LogP contribution is -2.15. The molecule has 1 nitrogen and oxygen atoms in total. The van der Waals surface area contributed by atoms with Gasteiger partial charge < -0.3 is 5.73 Å². The van der Waals surface area contributed by atoms with Crippen molar-refractivity contribution in [1.29, 1.82) is 0 Å². The first-order valence-corrected chi connectivity index (χ1v) is 4.49. The predicted molar refractivity (Wildman–Crippen MR) is 53.1 cm³/mol. The van der Waals surface area contributed by atoms with Crippen LogP contribution in [0.3, 0.4) is 0 Å². The van der Waals surface area contributed by atoms with Crippen molar-refractivity contribution in [3.8, 4) is 0 Å². The van der Waals surface area contributed by atoms with Gasteiger partial charge in [0, 0.05) is 6.04 Å². The number of aryl methyl sites for hydroxylation is 2. The molecular weight excluding hydrogens is 146 g/mol. The average Bonchev–Trinajstić information content (AvgIpc) is 2.03. The Morgan fingerprint density at radius 2 is 1.83 bits per heavy atom. The van der Waals surface area contributed by atoms with E-state index in [-0.39, 0.29) is 0 Å².